The Morgan fingerprint density at radius 2 is 2.30 bits per heavy atom. The number of carbonyl (C=O) groups is 1. The fourth-order valence-corrected chi connectivity index (χ4v) is 2.38. The Kier molecular flexibility index (Phi) is 5.01. The van der Waals surface area contributed by atoms with Crippen LogP contribution in [-0.4, -0.2) is 37.2 Å². The summed E-state index contributed by atoms with van der Waals surface area (Å²) in [4.78, 5) is 14.0. The van der Waals surface area contributed by atoms with Crippen LogP contribution in [0, 0.1) is 5.92 Å². The molecule has 0 bridgehead atoms. The van der Waals surface area contributed by atoms with Crippen LogP contribution >= 0.6 is 0 Å². The minimum absolute atomic E-state index is 0.0232. The van der Waals surface area contributed by atoms with Crippen molar-refractivity contribution in [3.8, 4) is 5.75 Å². The van der Waals surface area contributed by atoms with Crippen LogP contribution in [0.1, 0.15) is 25.8 Å². The van der Waals surface area contributed by atoms with Crippen LogP contribution in [0.25, 0.3) is 0 Å². The van der Waals surface area contributed by atoms with Gasteiger partial charge >= 0.3 is 0 Å². The third-order valence-corrected chi connectivity index (χ3v) is 3.35. The molecule has 1 aliphatic rings. The van der Waals surface area contributed by atoms with Crippen molar-refractivity contribution in [1.82, 2.24) is 4.90 Å². The second kappa shape index (κ2) is 6.75. The summed E-state index contributed by atoms with van der Waals surface area (Å²) in [5.41, 5.74) is 1.08. The molecular formula is C16H23NO3. The van der Waals surface area contributed by atoms with E-state index in [2.05, 4.69) is 0 Å². The molecule has 0 saturated carbocycles. The van der Waals surface area contributed by atoms with Gasteiger partial charge in [-0.25, -0.2) is 0 Å². The molecule has 20 heavy (non-hydrogen) atoms. The zero-order valence-corrected chi connectivity index (χ0v) is 12.5. The summed E-state index contributed by atoms with van der Waals surface area (Å²) in [7, 11) is 1.84. The minimum Gasteiger partial charge on any atom is -0.491 e. The largest absolute Gasteiger partial charge is 0.491 e. The zero-order chi connectivity index (χ0) is 14.5. The average Bonchev–Trinajstić information content (AvgIpc) is 2.91. The molecule has 1 heterocycles. The first-order chi connectivity index (χ1) is 9.56. The molecule has 2 rings (SSSR count). The maximum atomic E-state index is 12.2. The van der Waals surface area contributed by atoms with Crippen molar-refractivity contribution in [1.29, 1.82) is 0 Å². The number of carbonyl (C=O) groups excluding carboxylic acids is 1. The predicted molar refractivity (Wildman–Crippen MR) is 77.6 cm³/mol. The molecule has 1 atom stereocenters. The first-order valence-electron chi connectivity index (χ1n) is 7.14. The number of benzene rings is 1. The average molecular weight is 277 g/mol. The summed E-state index contributed by atoms with van der Waals surface area (Å²) in [6, 6.07) is 7.91. The van der Waals surface area contributed by atoms with Gasteiger partial charge < -0.3 is 14.4 Å². The molecule has 1 aromatic carbocycles. The lowest BCUT2D eigenvalue weighted by molar-refractivity contribution is -0.134. The highest BCUT2D eigenvalue weighted by Gasteiger charge is 2.26. The van der Waals surface area contributed by atoms with E-state index in [1.165, 1.54) is 0 Å². The molecule has 4 nitrogen and oxygen atoms in total. The minimum atomic E-state index is 0.0232. The number of ether oxygens (including phenoxy) is 2. The Hall–Kier alpha value is -1.55. The van der Waals surface area contributed by atoms with Crippen molar-refractivity contribution in [3.63, 3.8) is 0 Å². The van der Waals surface area contributed by atoms with Gasteiger partial charge in [-0.15, -0.1) is 0 Å². The smallest absolute Gasteiger partial charge is 0.228 e. The number of hydrogen-bond donors (Lipinski definition) is 0. The van der Waals surface area contributed by atoms with Crippen LogP contribution in [0.3, 0.4) is 0 Å². The molecule has 1 amide bonds. The van der Waals surface area contributed by atoms with E-state index >= 15 is 0 Å². The Balaban J connectivity index is 1.96. The third kappa shape index (κ3) is 3.97. The van der Waals surface area contributed by atoms with Gasteiger partial charge in [0.05, 0.1) is 18.6 Å². The molecule has 1 aliphatic heterocycles. The maximum Gasteiger partial charge on any atom is 0.228 e. The van der Waals surface area contributed by atoms with E-state index in [1.807, 2.05) is 45.2 Å². The van der Waals surface area contributed by atoms with Crippen molar-refractivity contribution in [2.24, 2.45) is 5.92 Å². The highest BCUT2D eigenvalue weighted by atomic mass is 16.5. The van der Waals surface area contributed by atoms with E-state index in [9.17, 15) is 4.79 Å². The lowest BCUT2D eigenvalue weighted by Crippen LogP contribution is -2.32. The molecule has 0 radical (unpaired) electrons. The van der Waals surface area contributed by atoms with Crippen molar-refractivity contribution in [3.05, 3.63) is 29.8 Å². The highest BCUT2D eigenvalue weighted by Crippen LogP contribution is 2.19. The van der Waals surface area contributed by atoms with Crippen molar-refractivity contribution in [2.75, 3.05) is 20.3 Å². The molecule has 0 aromatic heterocycles. The summed E-state index contributed by atoms with van der Waals surface area (Å²) >= 11 is 0. The molecule has 1 fully saturated rings. The molecule has 0 aliphatic carbocycles. The third-order valence-electron chi connectivity index (χ3n) is 3.35. The zero-order valence-electron chi connectivity index (χ0n) is 12.5. The SMILES string of the molecule is CC(C)Oc1cccc(CN(C)C(=O)[C@@H]2CCOC2)c1. The van der Waals surface area contributed by atoms with Gasteiger partial charge in [-0.2, -0.15) is 0 Å². The first-order valence-corrected chi connectivity index (χ1v) is 7.14. The van der Waals surface area contributed by atoms with Crippen LogP contribution in [0.2, 0.25) is 0 Å². The van der Waals surface area contributed by atoms with Gasteiger partial charge in [0.2, 0.25) is 5.91 Å². The summed E-state index contributed by atoms with van der Waals surface area (Å²) in [5.74, 6) is 1.04. The summed E-state index contributed by atoms with van der Waals surface area (Å²) in [5, 5.41) is 0. The summed E-state index contributed by atoms with van der Waals surface area (Å²) in [6.07, 6.45) is 0.986. The van der Waals surface area contributed by atoms with Gasteiger partial charge in [0.1, 0.15) is 5.75 Å². The molecule has 0 unspecified atom stereocenters. The second-order valence-corrected chi connectivity index (χ2v) is 5.57. The van der Waals surface area contributed by atoms with Crippen LogP contribution in [-0.2, 0) is 16.1 Å². The number of amides is 1. The quantitative estimate of drug-likeness (QED) is 0.830. The van der Waals surface area contributed by atoms with Crippen LogP contribution < -0.4 is 4.74 Å². The Labute approximate surface area is 120 Å². The number of hydrogen-bond acceptors (Lipinski definition) is 3. The Bertz CT molecular complexity index is 453. The van der Waals surface area contributed by atoms with Crippen LogP contribution in [0.5, 0.6) is 5.75 Å². The molecule has 4 heteroatoms. The van der Waals surface area contributed by atoms with Crippen molar-refractivity contribution in [2.45, 2.75) is 32.9 Å². The Morgan fingerprint density at radius 1 is 1.50 bits per heavy atom. The van der Waals surface area contributed by atoms with Gasteiger partial charge in [0.25, 0.3) is 0 Å². The molecule has 0 spiro atoms. The topological polar surface area (TPSA) is 38.8 Å². The van der Waals surface area contributed by atoms with E-state index in [4.69, 9.17) is 9.47 Å². The van der Waals surface area contributed by atoms with Crippen molar-refractivity contribution < 1.29 is 14.3 Å². The Morgan fingerprint density at radius 3 is 2.95 bits per heavy atom. The number of rotatable bonds is 5. The van der Waals surface area contributed by atoms with E-state index in [0.29, 0.717) is 19.8 Å². The standard InChI is InChI=1S/C16H23NO3/c1-12(2)20-15-6-4-5-13(9-15)10-17(3)16(18)14-7-8-19-11-14/h4-6,9,12,14H,7-8,10-11H2,1-3H3/t14-/m1/s1. The second-order valence-electron chi connectivity index (χ2n) is 5.57. The normalized spacial score (nSPS) is 18.3. The summed E-state index contributed by atoms with van der Waals surface area (Å²) < 4.78 is 10.9. The van der Waals surface area contributed by atoms with E-state index in [0.717, 1.165) is 17.7 Å². The maximum absolute atomic E-state index is 12.2. The predicted octanol–water partition coefficient (Wildman–Crippen LogP) is 2.47. The molecule has 1 aromatic rings. The molecular weight excluding hydrogens is 254 g/mol. The first kappa shape index (κ1) is 14.9. The lowest BCUT2D eigenvalue weighted by Gasteiger charge is -2.21. The van der Waals surface area contributed by atoms with Gasteiger partial charge in [-0.3, -0.25) is 4.79 Å². The molecule has 1 saturated heterocycles. The molecule has 110 valence electrons. The van der Waals surface area contributed by atoms with Crippen LogP contribution in [0.4, 0.5) is 0 Å². The van der Waals surface area contributed by atoms with Gasteiger partial charge in [-0.1, -0.05) is 12.1 Å². The summed E-state index contributed by atoms with van der Waals surface area (Å²) in [6.45, 7) is 5.86. The fourth-order valence-electron chi connectivity index (χ4n) is 2.38. The van der Waals surface area contributed by atoms with Crippen molar-refractivity contribution >= 4 is 5.91 Å². The monoisotopic (exact) mass is 277 g/mol. The van der Waals surface area contributed by atoms with E-state index < -0.39 is 0 Å². The fraction of sp³-hybridized carbons (Fsp3) is 0.562. The van der Waals surface area contributed by atoms with Gasteiger partial charge in [-0.05, 0) is 38.0 Å². The van der Waals surface area contributed by atoms with Gasteiger partial charge in [0, 0.05) is 20.2 Å². The van der Waals surface area contributed by atoms with Crippen LogP contribution in [0.15, 0.2) is 24.3 Å². The highest BCUT2D eigenvalue weighted by molar-refractivity contribution is 5.78. The molecule has 0 N–H and O–H groups in total. The van der Waals surface area contributed by atoms with Gasteiger partial charge in [0.15, 0.2) is 0 Å². The van der Waals surface area contributed by atoms with E-state index in [-0.39, 0.29) is 17.9 Å². The lowest BCUT2D eigenvalue weighted by atomic mass is 10.1. The van der Waals surface area contributed by atoms with E-state index in [1.54, 1.807) is 4.90 Å². The number of nitrogens with zero attached hydrogens (tertiary/aromatic N) is 1.